The van der Waals surface area contributed by atoms with Crippen LogP contribution >= 0.6 is 22.9 Å². The van der Waals surface area contributed by atoms with E-state index in [1.54, 1.807) is 19.1 Å². The Morgan fingerprint density at radius 1 is 1.42 bits per heavy atom. The molecule has 0 aromatic carbocycles. The minimum Gasteiger partial charge on any atom is -0.481 e. The molecule has 0 bridgehead atoms. The van der Waals surface area contributed by atoms with Gasteiger partial charge in [-0.1, -0.05) is 23.4 Å². The summed E-state index contributed by atoms with van der Waals surface area (Å²) in [7, 11) is 0. The van der Waals surface area contributed by atoms with Crippen LogP contribution < -0.4 is 5.32 Å². The third kappa shape index (κ3) is 6.65. The van der Waals surface area contributed by atoms with Crippen LogP contribution in [0.5, 0.6) is 0 Å². The Balaban J connectivity index is 1.74. The Hall–Kier alpha value is -2.70. The summed E-state index contributed by atoms with van der Waals surface area (Å²) >= 11 is 7.34. The van der Waals surface area contributed by atoms with Crippen LogP contribution in [0.3, 0.4) is 0 Å². The molecular formula is C23H23ClF2N2O4S. The number of hydrogen-bond donors (Lipinski definition) is 2. The number of nitrogens with zero attached hydrogens (tertiary/aromatic N) is 1. The number of aromatic nitrogens is 1. The van der Waals surface area contributed by atoms with Crippen molar-refractivity contribution in [3.8, 4) is 22.4 Å². The molecule has 0 unspecified atom stereocenters. The van der Waals surface area contributed by atoms with Crippen LogP contribution in [-0.2, 0) is 9.53 Å². The number of aliphatic carboxylic acids is 1. The number of nitrogens with one attached hydrogen (secondary N) is 1. The van der Waals surface area contributed by atoms with Gasteiger partial charge in [0.05, 0.1) is 32.2 Å². The molecular weight excluding hydrogens is 474 g/mol. The minimum absolute atomic E-state index is 0.158. The molecule has 33 heavy (non-hydrogen) atoms. The Morgan fingerprint density at radius 2 is 2.15 bits per heavy atom. The molecule has 0 spiro atoms. The van der Waals surface area contributed by atoms with Crippen LogP contribution in [0.4, 0.5) is 19.3 Å². The maximum absolute atomic E-state index is 13.1. The fourth-order valence-corrected chi connectivity index (χ4v) is 4.62. The SMILES string of the molecule is Cc1nc(-c2sc(Cl)cc2NC(=O)O[C@H](C)CC(C)(F)F)ccc1C#C[C@@H]1CC[C@H]1C(=O)O. The summed E-state index contributed by atoms with van der Waals surface area (Å²) < 4.78 is 31.7. The normalized spacial score (nSPS) is 18.5. The predicted octanol–water partition coefficient (Wildman–Crippen LogP) is 6.22. The first kappa shape index (κ1) is 24.9. The first-order valence-electron chi connectivity index (χ1n) is 10.3. The number of ether oxygens (including phenoxy) is 1. The van der Waals surface area contributed by atoms with Gasteiger partial charge in [-0.2, -0.15) is 0 Å². The quantitative estimate of drug-likeness (QED) is 0.464. The van der Waals surface area contributed by atoms with Crippen molar-refractivity contribution in [2.24, 2.45) is 11.8 Å². The average Bonchev–Trinajstić information content (AvgIpc) is 2.99. The van der Waals surface area contributed by atoms with Gasteiger partial charge in [0.25, 0.3) is 0 Å². The summed E-state index contributed by atoms with van der Waals surface area (Å²) in [4.78, 5) is 28.5. The van der Waals surface area contributed by atoms with Gasteiger partial charge in [-0.25, -0.2) is 13.6 Å². The number of thiophene rings is 1. The van der Waals surface area contributed by atoms with Crippen molar-refractivity contribution in [1.82, 2.24) is 4.98 Å². The van der Waals surface area contributed by atoms with Crippen LogP contribution in [0.1, 0.15) is 44.4 Å². The predicted molar refractivity (Wildman–Crippen MR) is 123 cm³/mol. The number of aryl methyl sites for hydroxylation is 1. The Kier molecular flexibility index (Phi) is 7.60. The Morgan fingerprint density at radius 3 is 2.73 bits per heavy atom. The standard InChI is InChI=1S/C23H23ClF2N2O4S/c1-12(11-23(3,25)26)32-22(31)28-18-10-19(24)33-20(18)17-9-7-14(13(2)27-17)4-5-15-6-8-16(15)21(29)30/h7,9-10,12,15-16H,6,8,11H2,1-3H3,(H,28,31)(H,29,30)/t12-,15-,16-/m1/s1. The first-order valence-corrected chi connectivity index (χ1v) is 11.5. The fourth-order valence-electron chi connectivity index (χ4n) is 3.47. The van der Waals surface area contributed by atoms with Gasteiger partial charge in [-0.15, -0.1) is 11.3 Å². The van der Waals surface area contributed by atoms with E-state index in [1.807, 2.05) is 0 Å². The lowest BCUT2D eigenvalue weighted by atomic mass is 9.74. The molecule has 3 rings (SSSR count). The Labute approximate surface area is 199 Å². The molecule has 2 aromatic rings. The summed E-state index contributed by atoms with van der Waals surface area (Å²) in [6.45, 7) is 3.94. The number of amides is 1. The summed E-state index contributed by atoms with van der Waals surface area (Å²) in [5.41, 5.74) is 2.23. The van der Waals surface area contributed by atoms with Crippen molar-refractivity contribution in [3.05, 3.63) is 33.8 Å². The number of rotatable bonds is 6. The highest BCUT2D eigenvalue weighted by atomic mass is 35.5. The molecule has 2 heterocycles. The molecule has 1 aliphatic rings. The van der Waals surface area contributed by atoms with Crippen molar-refractivity contribution in [2.75, 3.05) is 5.32 Å². The summed E-state index contributed by atoms with van der Waals surface area (Å²) in [6, 6.07) is 5.04. The van der Waals surface area contributed by atoms with E-state index in [4.69, 9.17) is 21.4 Å². The maximum Gasteiger partial charge on any atom is 0.411 e. The molecule has 0 radical (unpaired) electrons. The lowest BCUT2D eigenvalue weighted by Crippen LogP contribution is -2.31. The van der Waals surface area contributed by atoms with Gasteiger partial charge in [0.15, 0.2) is 0 Å². The second kappa shape index (κ2) is 10.1. The van der Waals surface area contributed by atoms with E-state index in [-0.39, 0.29) is 5.92 Å². The van der Waals surface area contributed by atoms with Gasteiger partial charge in [0, 0.05) is 17.9 Å². The lowest BCUT2D eigenvalue weighted by molar-refractivity contribution is -0.146. The van der Waals surface area contributed by atoms with Crippen molar-refractivity contribution < 1.29 is 28.2 Å². The van der Waals surface area contributed by atoms with Crippen molar-refractivity contribution >= 4 is 40.7 Å². The highest BCUT2D eigenvalue weighted by molar-refractivity contribution is 7.20. The minimum atomic E-state index is -2.95. The molecule has 176 valence electrons. The molecule has 1 amide bonds. The van der Waals surface area contributed by atoms with Crippen LogP contribution in [-0.4, -0.2) is 34.2 Å². The number of halogens is 3. The number of carbonyl (C=O) groups excluding carboxylic acids is 1. The van der Waals surface area contributed by atoms with Crippen molar-refractivity contribution in [3.63, 3.8) is 0 Å². The molecule has 10 heteroatoms. The van der Waals surface area contributed by atoms with Gasteiger partial charge < -0.3 is 9.84 Å². The molecule has 2 N–H and O–H groups in total. The number of carbonyl (C=O) groups is 2. The molecule has 2 aromatic heterocycles. The van der Waals surface area contributed by atoms with Gasteiger partial charge in [0.2, 0.25) is 5.92 Å². The molecule has 3 atom stereocenters. The largest absolute Gasteiger partial charge is 0.481 e. The van der Waals surface area contributed by atoms with Gasteiger partial charge >= 0.3 is 12.1 Å². The van der Waals surface area contributed by atoms with Crippen LogP contribution in [0.25, 0.3) is 10.6 Å². The third-order valence-corrected chi connectivity index (χ3v) is 6.48. The molecule has 6 nitrogen and oxygen atoms in total. The van der Waals surface area contributed by atoms with Crippen molar-refractivity contribution in [1.29, 1.82) is 0 Å². The number of carboxylic acids is 1. The molecule has 0 saturated heterocycles. The van der Waals surface area contributed by atoms with Gasteiger partial charge in [-0.3, -0.25) is 15.1 Å². The fraction of sp³-hybridized carbons (Fsp3) is 0.435. The zero-order valence-corrected chi connectivity index (χ0v) is 19.8. The number of alkyl halides is 2. The van der Waals surface area contributed by atoms with Crippen molar-refractivity contribution in [2.45, 2.75) is 52.1 Å². The molecule has 1 fully saturated rings. The monoisotopic (exact) mass is 496 g/mol. The second-order valence-corrected chi connectivity index (χ2v) is 9.82. The van der Waals surface area contributed by atoms with E-state index in [0.29, 0.717) is 38.3 Å². The summed E-state index contributed by atoms with van der Waals surface area (Å²) in [5, 5.41) is 11.7. The maximum atomic E-state index is 13.1. The topological polar surface area (TPSA) is 88.5 Å². The van der Waals surface area contributed by atoms with Crippen LogP contribution in [0.15, 0.2) is 18.2 Å². The average molecular weight is 497 g/mol. The highest BCUT2D eigenvalue weighted by Gasteiger charge is 2.35. The number of carboxylic acid groups (broad SMARTS) is 1. The molecule has 0 aliphatic heterocycles. The first-order chi connectivity index (χ1) is 15.4. The summed E-state index contributed by atoms with van der Waals surface area (Å²) in [6.07, 6.45) is -1.02. The van der Waals surface area contributed by atoms with E-state index in [0.717, 1.165) is 13.3 Å². The third-order valence-electron chi connectivity index (χ3n) is 5.20. The smallest absolute Gasteiger partial charge is 0.411 e. The molecule has 1 aliphatic carbocycles. The van der Waals surface area contributed by atoms with Gasteiger partial charge in [0.1, 0.15) is 6.10 Å². The number of anilines is 1. The van der Waals surface area contributed by atoms with E-state index < -0.39 is 36.4 Å². The number of hydrogen-bond acceptors (Lipinski definition) is 5. The van der Waals surface area contributed by atoms with E-state index in [1.165, 1.54) is 24.3 Å². The second-order valence-electron chi connectivity index (χ2n) is 8.14. The molecule has 1 saturated carbocycles. The van der Waals surface area contributed by atoms with E-state index in [9.17, 15) is 18.4 Å². The zero-order valence-electron chi connectivity index (χ0n) is 18.2. The Bertz CT molecular complexity index is 1120. The van der Waals surface area contributed by atoms with Crippen LogP contribution in [0.2, 0.25) is 4.34 Å². The summed E-state index contributed by atoms with van der Waals surface area (Å²) in [5.74, 6) is 1.70. The van der Waals surface area contributed by atoms with Gasteiger partial charge in [-0.05, 0) is 51.8 Å². The van der Waals surface area contributed by atoms with Crippen LogP contribution in [0, 0.1) is 30.6 Å². The lowest BCUT2D eigenvalue weighted by Gasteiger charge is -2.28. The zero-order chi connectivity index (χ0) is 24.3. The number of pyridine rings is 1. The highest BCUT2D eigenvalue weighted by Crippen LogP contribution is 2.39. The van der Waals surface area contributed by atoms with E-state index in [2.05, 4.69) is 22.1 Å². The van der Waals surface area contributed by atoms with E-state index >= 15 is 0 Å².